The van der Waals surface area contributed by atoms with Crippen molar-refractivity contribution >= 4 is 17.8 Å². The average Bonchev–Trinajstić information content (AvgIpc) is 2.64. The van der Waals surface area contributed by atoms with Gasteiger partial charge in [-0.25, -0.2) is 4.79 Å². The fourth-order valence-corrected chi connectivity index (χ4v) is 3.04. The summed E-state index contributed by atoms with van der Waals surface area (Å²) in [5.74, 6) is -0.779. The molecule has 2 amide bonds. The summed E-state index contributed by atoms with van der Waals surface area (Å²) in [6, 6.07) is 7.90. The van der Waals surface area contributed by atoms with Gasteiger partial charge in [0.25, 0.3) is 11.8 Å². The molecule has 1 unspecified atom stereocenters. The lowest BCUT2D eigenvalue weighted by molar-refractivity contribution is -0.155. The van der Waals surface area contributed by atoms with Gasteiger partial charge in [-0.05, 0) is 36.8 Å². The lowest BCUT2D eigenvalue weighted by atomic mass is 10.0. The molecule has 0 aromatic heterocycles. The molecule has 6 nitrogen and oxygen atoms in total. The van der Waals surface area contributed by atoms with Gasteiger partial charge < -0.3 is 15.0 Å². The number of amides is 2. The summed E-state index contributed by atoms with van der Waals surface area (Å²) in [5.41, 5.74) is 0.476. The predicted molar refractivity (Wildman–Crippen MR) is 98.5 cm³/mol. The van der Waals surface area contributed by atoms with Crippen molar-refractivity contribution in [2.45, 2.75) is 39.7 Å². The highest BCUT2D eigenvalue weighted by Gasteiger charge is 2.28. The van der Waals surface area contributed by atoms with Crippen LogP contribution in [0.15, 0.2) is 30.3 Å². The molecule has 0 radical (unpaired) electrons. The van der Waals surface area contributed by atoms with Crippen LogP contribution in [0.5, 0.6) is 0 Å². The van der Waals surface area contributed by atoms with Crippen LogP contribution in [0.2, 0.25) is 0 Å². The number of nitrogens with one attached hydrogen (secondary N) is 1. The molecule has 1 aromatic rings. The van der Waals surface area contributed by atoms with E-state index >= 15 is 0 Å². The molecule has 1 saturated heterocycles. The topological polar surface area (TPSA) is 75.7 Å². The molecule has 1 N–H and O–H groups in total. The Labute approximate surface area is 154 Å². The highest BCUT2D eigenvalue weighted by atomic mass is 16.5. The monoisotopic (exact) mass is 360 g/mol. The fraction of sp³-hybridized carbons (Fsp3) is 0.550. The third-order valence-corrected chi connectivity index (χ3v) is 4.59. The van der Waals surface area contributed by atoms with Crippen molar-refractivity contribution < 1.29 is 19.1 Å². The second-order valence-corrected chi connectivity index (χ2v) is 7.26. The molecule has 0 bridgehead atoms. The van der Waals surface area contributed by atoms with E-state index in [9.17, 15) is 14.4 Å². The number of nitrogens with zero attached hydrogens (tertiary/aromatic N) is 1. The lowest BCUT2D eigenvalue weighted by Gasteiger charge is -2.31. The zero-order chi connectivity index (χ0) is 19.1. The van der Waals surface area contributed by atoms with Crippen molar-refractivity contribution in [1.29, 1.82) is 0 Å². The van der Waals surface area contributed by atoms with E-state index in [2.05, 4.69) is 12.2 Å². The van der Waals surface area contributed by atoms with Crippen LogP contribution < -0.4 is 5.32 Å². The van der Waals surface area contributed by atoms with Crippen LogP contribution in [0.1, 0.15) is 44.0 Å². The van der Waals surface area contributed by atoms with Crippen molar-refractivity contribution in [3.63, 3.8) is 0 Å². The number of hydrogen-bond acceptors (Lipinski definition) is 4. The van der Waals surface area contributed by atoms with E-state index < -0.39 is 12.0 Å². The van der Waals surface area contributed by atoms with Crippen LogP contribution in [0, 0.1) is 11.8 Å². The largest absolute Gasteiger partial charge is 0.454 e. The summed E-state index contributed by atoms with van der Waals surface area (Å²) >= 11 is 0. The number of piperidine rings is 1. The van der Waals surface area contributed by atoms with Gasteiger partial charge >= 0.3 is 5.97 Å². The fourth-order valence-electron chi connectivity index (χ4n) is 3.04. The molecule has 1 aromatic carbocycles. The van der Waals surface area contributed by atoms with Crippen LogP contribution in [0.25, 0.3) is 0 Å². The van der Waals surface area contributed by atoms with E-state index in [1.165, 1.54) is 0 Å². The first kappa shape index (κ1) is 19.9. The zero-order valence-electron chi connectivity index (χ0n) is 15.7. The first-order chi connectivity index (χ1) is 12.4. The third-order valence-electron chi connectivity index (χ3n) is 4.59. The highest BCUT2D eigenvalue weighted by Crippen LogP contribution is 2.15. The van der Waals surface area contributed by atoms with Crippen LogP contribution >= 0.6 is 0 Å². The minimum Gasteiger partial charge on any atom is -0.454 e. The lowest BCUT2D eigenvalue weighted by Crippen LogP contribution is -2.47. The normalized spacial score (nSPS) is 18.3. The SMILES string of the molecule is CC1CCCN(C(=O)COC(=O)[C@@H](NC(=O)c2ccccc2)C(C)C)C1. The Kier molecular flexibility index (Phi) is 7.18. The van der Waals surface area contributed by atoms with Crippen LogP contribution in [-0.2, 0) is 14.3 Å². The highest BCUT2D eigenvalue weighted by molar-refractivity contribution is 5.97. The summed E-state index contributed by atoms with van der Waals surface area (Å²) < 4.78 is 5.21. The maximum atomic E-state index is 12.4. The first-order valence-electron chi connectivity index (χ1n) is 9.18. The Morgan fingerprint density at radius 3 is 2.54 bits per heavy atom. The molecule has 142 valence electrons. The second-order valence-electron chi connectivity index (χ2n) is 7.26. The van der Waals surface area contributed by atoms with Crippen molar-refractivity contribution in [2.75, 3.05) is 19.7 Å². The van der Waals surface area contributed by atoms with E-state index in [-0.39, 0.29) is 24.3 Å². The van der Waals surface area contributed by atoms with Gasteiger partial charge in [-0.2, -0.15) is 0 Å². The maximum absolute atomic E-state index is 12.4. The zero-order valence-corrected chi connectivity index (χ0v) is 15.7. The Morgan fingerprint density at radius 1 is 1.23 bits per heavy atom. The minimum absolute atomic E-state index is 0.153. The smallest absolute Gasteiger partial charge is 0.329 e. The molecule has 0 saturated carbocycles. The summed E-state index contributed by atoms with van der Waals surface area (Å²) in [4.78, 5) is 38.7. The summed E-state index contributed by atoms with van der Waals surface area (Å²) in [7, 11) is 0. The molecule has 2 atom stereocenters. The minimum atomic E-state index is -0.796. The number of esters is 1. The van der Waals surface area contributed by atoms with E-state index in [0.717, 1.165) is 12.8 Å². The van der Waals surface area contributed by atoms with Crippen LogP contribution in [-0.4, -0.2) is 48.4 Å². The van der Waals surface area contributed by atoms with E-state index in [1.54, 1.807) is 29.2 Å². The number of benzene rings is 1. The van der Waals surface area contributed by atoms with Gasteiger partial charge in [0.05, 0.1) is 0 Å². The molecule has 2 rings (SSSR count). The number of carbonyl (C=O) groups is 3. The van der Waals surface area contributed by atoms with Crippen LogP contribution in [0.3, 0.4) is 0 Å². The third kappa shape index (κ3) is 5.58. The van der Waals surface area contributed by atoms with Gasteiger partial charge in [0.2, 0.25) is 0 Å². The van der Waals surface area contributed by atoms with Crippen LogP contribution in [0.4, 0.5) is 0 Å². The Hall–Kier alpha value is -2.37. The summed E-state index contributed by atoms with van der Waals surface area (Å²) in [5, 5.41) is 2.70. The number of carbonyl (C=O) groups excluding carboxylic acids is 3. The summed E-state index contributed by atoms with van der Waals surface area (Å²) in [6.45, 7) is 6.89. The van der Waals surface area contributed by atoms with Crippen molar-refractivity contribution in [1.82, 2.24) is 10.2 Å². The van der Waals surface area contributed by atoms with E-state index in [0.29, 0.717) is 24.6 Å². The molecule has 6 heteroatoms. The standard InChI is InChI=1S/C20H28N2O4/c1-14(2)18(21-19(24)16-9-5-4-6-10-16)20(25)26-13-17(23)22-11-7-8-15(3)12-22/h4-6,9-10,14-15,18H,7-8,11-13H2,1-3H3,(H,21,24)/t15?,18-/m0/s1. The van der Waals surface area contributed by atoms with Gasteiger partial charge in [0.15, 0.2) is 6.61 Å². The molecule has 1 aliphatic heterocycles. The summed E-state index contributed by atoms with van der Waals surface area (Å²) in [6.07, 6.45) is 2.09. The molecule has 26 heavy (non-hydrogen) atoms. The van der Waals surface area contributed by atoms with Gasteiger partial charge in [0, 0.05) is 18.7 Å². The van der Waals surface area contributed by atoms with Crippen molar-refractivity contribution in [3.05, 3.63) is 35.9 Å². The van der Waals surface area contributed by atoms with E-state index in [1.807, 2.05) is 19.9 Å². The molecule has 0 spiro atoms. The molecule has 1 fully saturated rings. The quantitative estimate of drug-likeness (QED) is 0.790. The molecular formula is C20H28N2O4. The predicted octanol–water partition coefficient (Wildman–Crippen LogP) is 2.24. The Balaban J connectivity index is 1.89. The number of likely N-dealkylation sites (tertiary alicyclic amines) is 1. The maximum Gasteiger partial charge on any atom is 0.329 e. The van der Waals surface area contributed by atoms with E-state index in [4.69, 9.17) is 4.74 Å². The number of hydrogen-bond donors (Lipinski definition) is 1. The van der Waals surface area contributed by atoms with Crippen molar-refractivity contribution in [3.8, 4) is 0 Å². The van der Waals surface area contributed by atoms with Gasteiger partial charge in [-0.3, -0.25) is 9.59 Å². The number of ether oxygens (including phenoxy) is 1. The Morgan fingerprint density at radius 2 is 1.92 bits per heavy atom. The Bertz CT molecular complexity index is 630. The van der Waals surface area contributed by atoms with Gasteiger partial charge in [-0.15, -0.1) is 0 Å². The molecule has 1 heterocycles. The molecular weight excluding hydrogens is 332 g/mol. The molecule has 1 aliphatic rings. The van der Waals surface area contributed by atoms with Gasteiger partial charge in [0.1, 0.15) is 6.04 Å². The molecule has 0 aliphatic carbocycles. The second kappa shape index (κ2) is 9.36. The number of rotatable bonds is 6. The van der Waals surface area contributed by atoms with Crippen molar-refractivity contribution in [2.24, 2.45) is 11.8 Å². The average molecular weight is 360 g/mol. The van der Waals surface area contributed by atoms with Gasteiger partial charge in [-0.1, -0.05) is 39.0 Å². The first-order valence-corrected chi connectivity index (χ1v) is 9.18.